The lowest BCUT2D eigenvalue weighted by Gasteiger charge is -2.25. The van der Waals surface area contributed by atoms with E-state index in [1.807, 2.05) is 0 Å². The molecule has 0 aliphatic carbocycles. The van der Waals surface area contributed by atoms with Gasteiger partial charge in [0.2, 0.25) is 0 Å². The van der Waals surface area contributed by atoms with Gasteiger partial charge in [0.15, 0.2) is 11.0 Å². The predicted octanol–water partition coefficient (Wildman–Crippen LogP) is 2.19. The largest absolute Gasteiger partial charge is 0.362 e. The van der Waals surface area contributed by atoms with Crippen LogP contribution < -0.4 is 5.32 Å². The maximum absolute atomic E-state index is 5.89. The number of hydrogen-bond donors (Lipinski definition) is 1. The van der Waals surface area contributed by atoms with Crippen LogP contribution in [0.3, 0.4) is 0 Å². The van der Waals surface area contributed by atoms with Gasteiger partial charge in [-0.05, 0) is 20.0 Å². The van der Waals surface area contributed by atoms with E-state index in [1.54, 1.807) is 0 Å². The summed E-state index contributed by atoms with van der Waals surface area (Å²) in [5.41, 5.74) is 0. The number of hydrogen-bond acceptors (Lipinski definition) is 5. The van der Waals surface area contributed by atoms with Crippen molar-refractivity contribution in [1.82, 2.24) is 13.6 Å². The second kappa shape index (κ2) is 5.63. The van der Waals surface area contributed by atoms with Gasteiger partial charge in [0.1, 0.15) is 0 Å². The summed E-state index contributed by atoms with van der Waals surface area (Å²) in [6, 6.07) is 0.335. The molecule has 1 unspecified atom stereocenters. The summed E-state index contributed by atoms with van der Waals surface area (Å²) in [6.07, 6.45) is 0. The monoisotopic (exact) mass is 248 g/mol. The Morgan fingerprint density at radius 1 is 1.40 bits per heavy atom. The van der Waals surface area contributed by atoms with Crippen LogP contribution >= 0.6 is 23.3 Å². The molecule has 1 aromatic heterocycles. The van der Waals surface area contributed by atoms with Crippen LogP contribution in [0, 0.1) is 5.92 Å². The van der Waals surface area contributed by atoms with Gasteiger partial charge >= 0.3 is 0 Å². The lowest BCUT2D eigenvalue weighted by molar-refractivity contribution is 0.344. The molecule has 6 heteroatoms. The number of aromatic nitrogens is 2. The SMILES string of the molecule is CC(C)C(CN(C)C)Nc1nsnc1Cl. The van der Waals surface area contributed by atoms with E-state index in [9.17, 15) is 0 Å². The topological polar surface area (TPSA) is 41.0 Å². The molecule has 1 N–H and O–H groups in total. The van der Waals surface area contributed by atoms with Crippen LogP contribution in [0.4, 0.5) is 5.82 Å². The summed E-state index contributed by atoms with van der Waals surface area (Å²) in [5, 5.41) is 3.78. The molecule has 1 heterocycles. The summed E-state index contributed by atoms with van der Waals surface area (Å²) in [7, 11) is 4.11. The van der Waals surface area contributed by atoms with Gasteiger partial charge in [-0.2, -0.15) is 8.75 Å². The van der Waals surface area contributed by atoms with Crippen LogP contribution in [0.25, 0.3) is 0 Å². The Morgan fingerprint density at radius 2 is 2.07 bits per heavy atom. The third kappa shape index (κ3) is 3.93. The zero-order valence-electron chi connectivity index (χ0n) is 9.49. The summed E-state index contributed by atoms with van der Waals surface area (Å²) < 4.78 is 8.04. The number of nitrogens with zero attached hydrogens (tertiary/aromatic N) is 3. The van der Waals surface area contributed by atoms with Crippen LogP contribution in [-0.2, 0) is 0 Å². The van der Waals surface area contributed by atoms with Crippen molar-refractivity contribution in [3.8, 4) is 0 Å². The third-order valence-electron chi connectivity index (χ3n) is 2.14. The summed E-state index contributed by atoms with van der Waals surface area (Å²) in [5.74, 6) is 1.22. The van der Waals surface area contributed by atoms with Crippen LogP contribution in [-0.4, -0.2) is 40.3 Å². The first-order valence-electron chi connectivity index (χ1n) is 4.90. The van der Waals surface area contributed by atoms with Gasteiger partial charge in [-0.3, -0.25) is 0 Å². The van der Waals surface area contributed by atoms with Crippen molar-refractivity contribution < 1.29 is 0 Å². The second-order valence-corrected chi connectivity index (χ2v) is 5.05. The minimum absolute atomic E-state index is 0.335. The number of halogens is 1. The first-order chi connectivity index (χ1) is 7.00. The average Bonchev–Trinajstić information content (AvgIpc) is 2.50. The molecular formula is C9H17ClN4S. The van der Waals surface area contributed by atoms with Crippen LogP contribution in [0.1, 0.15) is 13.8 Å². The Balaban J connectivity index is 2.63. The van der Waals surface area contributed by atoms with Gasteiger partial charge < -0.3 is 10.2 Å². The van der Waals surface area contributed by atoms with Gasteiger partial charge in [-0.1, -0.05) is 25.4 Å². The summed E-state index contributed by atoms with van der Waals surface area (Å²) in [4.78, 5) is 2.14. The molecule has 86 valence electrons. The molecule has 0 aliphatic heterocycles. The maximum Gasteiger partial charge on any atom is 0.186 e. The van der Waals surface area contributed by atoms with E-state index >= 15 is 0 Å². The van der Waals surface area contributed by atoms with E-state index in [-0.39, 0.29) is 0 Å². The first-order valence-corrected chi connectivity index (χ1v) is 6.01. The average molecular weight is 249 g/mol. The van der Waals surface area contributed by atoms with E-state index in [0.717, 1.165) is 18.3 Å². The predicted molar refractivity (Wildman–Crippen MR) is 65.7 cm³/mol. The van der Waals surface area contributed by atoms with E-state index in [1.165, 1.54) is 0 Å². The van der Waals surface area contributed by atoms with E-state index in [4.69, 9.17) is 11.6 Å². The van der Waals surface area contributed by atoms with Crippen molar-refractivity contribution in [2.75, 3.05) is 26.0 Å². The minimum Gasteiger partial charge on any atom is -0.362 e. The fourth-order valence-corrected chi connectivity index (χ4v) is 1.92. The lowest BCUT2D eigenvalue weighted by atomic mass is 10.0. The van der Waals surface area contributed by atoms with Crippen molar-refractivity contribution in [1.29, 1.82) is 0 Å². The van der Waals surface area contributed by atoms with Gasteiger partial charge in [0, 0.05) is 12.6 Å². The van der Waals surface area contributed by atoms with Gasteiger partial charge in [-0.25, -0.2) is 0 Å². The zero-order chi connectivity index (χ0) is 11.4. The van der Waals surface area contributed by atoms with E-state index < -0.39 is 0 Å². The Bertz CT molecular complexity index is 300. The molecule has 4 nitrogen and oxygen atoms in total. The van der Waals surface area contributed by atoms with E-state index in [0.29, 0.717) is 22.9 Å². The Kier molecular flexibility index (Phi) is 4.76. The van der Waals surface area contributed by atoms with Gasteiger partial charge in [-0.15, -0.1) is 0 Å². The maximum atomic E-state index is 5.89. The van der Waals surface area contributed by atoms with Crippen LogP contribution in [0.2, 0.25) is 5.15 Å². The number of rotatable bonds is 5. The standard InChI is InChI=1S/C9H17ClN4S/c1-6(2)7(5-14(3)4)11-9-8(10)12-15-13-9/h6-7H,5H2,1-4H3,(H,11,13). The fourth-order valence-electron chi connectivity index (χ4n) is 1.26. The summed E-state index contributed by atoms with van der Waals surface area (Å²) >= 11 is 7.02. The molecule has 1 aromatic rings. The molecule has 1 rings (SSSR count). The Hall–Kier alpha value is -0.390. The molecule has 0 aromatic carbocycles. The number of anilines is 1. The highest BCUT2D eigenvalue weighted by atomic mass is 35.5. The van der Waals surface area contributed by atoms with Crippen LogP contribution in [0.5, 0.6) is 0 Å². The number of nitrogens with one attached hydrogen (secondary N) is 1. The molecular weight excluding hydrogens is 232 g/mol. The zero-order valence-corrected chi connectivity index (χ0v) is 11.1. The molecule has 15 heavy (non-hydrogen) atoms. The van der Waals surface area contributed by atoms with Crippen molar-refractivity contribution in [2.24, 2.45) is 5.92 Å². The highest BCUT2D eigenvalue weighted by Crippen LogP contribution is 2.20. The van der Waals surface area contributed by atoms with Gasteiger partial charge in [0.25, 0.3) is 0 Å². The molecule has 0 saturated carbocycles. The molecule has 1 atom stereocenters. The Morgan fingerprint density at radius 3 is 2.47 bits per heavy atom. The highest BCUT2D eigenvalue weighted by molar-refractivity contribution is 6.99. The Labute approximate surface area is 100.0 Å². The van der Waals surface area contributed by atoms with Gasteiger partial charge in [0.05, 0.1) is 11.7 Å². The smallest absolute Gasteiger partial charge is 0.186 e. The second-order valence-electron chi connectivity index (χ2n) is 4.16. The molecule has 0 spiro atoms. The fraction of sp³-hybridized carbons (Fsp3) is 0.778. The summed E-state index contributed by atoms with van der Waals surface area (Å²) in [6.45, 7) is 5.30. The molecule has 0 bridgehead atoms. The molecule has 0 saturated heterocycles. The molecule has 0 fully saturated rings. The normalized spacial score (nSPS) is 13.5. The third-order valence-corrected chi connectivity index (χ3v) is 3.03. The molecule has 0 amide bonds. The molecule has 0 radical (unpaired) electrons. The quantitative estimate of drug-likeness (QED) is 0.867. The highest BCUT2D eigenvalue weighted by Gasteiger charge is 2.17. The van der Waals surface area contributed by atoms with Crippen molar-refractivity contribution >= 4 is 29.1 Å². The number of likely N-dealkylation sites (N-methyl/N-ethyl adjacent to an activating group) is 1. The molecule has 0 aliphatic rings. The lowest BCUT2D eigenvalue weighted by Crippen LogP contribution is -2.36. The van der Waals surface area contributed by atoms with Crippen molar-refractivity contribution in [3.63, 3.8) is 0 Å². The van der Waals surface area contributed by atoms with Crippen LogP contribution in [0.15, 0.2) is 0 Å². The minimum atomic E-state index is 0.335. The van der Waals surface area contributed by atoms with E-state index in [2.05, 4.69) is 46.9 Å². The van der Waals surface area contributed by atoms with Crippen molar-refractivity contribution in [3.05, 3.63) is 5.15 Å². The van der Waals surface area contributed by atoms with Crippen molar-refractivity contribution in [2.45, 2.75) is 19.9 Å². The first kappa shape index (κ1) is 12.7.